The van der Waals surface area contributed by atoms with E-state index in [0.29, 0.717) is 5.04 Å². The van der Waals surface area contributed by atoms with E-state index in [0.717, 1.165) is 19.4 Å². The van der Waals surface area contributed by atoms with Crippen molar-refractivity contribution in [1.29, 1.82) is 0 Å². The molecule has 0 aromatic rings. The number of β-amino-alcohol motifs (C(OH)–C–C–N with tert-alkyl or cyclic N) is 1. The van der Waals surface area contributed by atoms with E-state index in [4.69, 9.17) is 0 Å². The molecule has 0 aromatic carbocycles. The van der Waals surface area contributed by atoms with Crippen molar-refractivity contribution < 1.29 is 5.11 Å². The maximum Gasteiger partial charge on any atom is 0.127 e. The van der Waals surface area contributed by atoms with Gasteiger partial charge in [0.05, 0.1) is 6.10 Å². The van der Waals surface area contributed by atoms with Gasteiger partial charge in [0.25, 0.3) is 0 Å². The Labute approximate surface area is 89.4 Å². The van der Waals surface area contributed by atoms with Crippen LogP contribution in [0.3, 0.4) is 0 Å². The summed E-state index contributed by atoms with van der Waals surface area (Å²) >= 11 is 0. The summed E-state index contributed by atoms with van der Waals surface area (Å²) in [6.07, 6.45) is 2.07. The van der Waals surface area contributed by atoms with Gasteiger partial charge >= 0.3 is 0 Å². The molecule has 0 aromatic heterocycles. The summed E-state index contributed by atoms with van der Waals surface area (Å²) in [5, 5.41) is 10.1. The molecule has 1 aliphatic heterocycles. The zero-order valence-corrected chi connectivity index (χ0v) is 11.3. The molecule has 0 saturated carbocycles. The van der Waals surface area contributed by atoms with Gasteiger partial charge in [-0.15, -0.1) is 0 Å². The average molecular weight is 215 g/mol. The van der Waals surface area contributed by atoms with Gasteiger partial charge in [0.1, 0.15) is 8.24 Å². The first kappa shape index (κ1) is 12.2. The molecule has 1 atom stereocenters. The molecule has 0 radical (unpaired) electrons. The molecule has 1 unspecified atom stereocenters. The molecule has 3 heteroatoms. The lowest BCUT2D eigenvalue weighted by Crippen LogP contribution is -2.58. The van der Waals surface area contributed by atoms with Crippen LogP contribution in [0, 0.1) is 0 Å². The molecule has 84 valence electrons. The van der Waals surface area contributed by atoms with Crippen LogP contribution in [0.5, 0.6) is 0 Å². The lowest BCUT2D eigenvalue weighted by atomic mass is 10.1. The predicted molar refractivity (Wildman–Crippen MR) is 64.0 cm³/mol. The highest BCUT2D eigenvalue weighted by molar-refractivity contribution is 6.77. The standard InChI is InChI=1S/C11H25NOSi/c1-11(2,3)14(4,5)12-8-6-7-10(13)9-12/h10,13H,6-9H2,1-5H3. The fourth-order valence-electron chi connectivity index (χ4n) is 1.94. The molecule has 1 aliphatic rings. The molecule has 0 bridgehead atoms. The van der Waals surface area contributed by atoms with Gasteiger partial charge in [-0.2, -0.15) is 0 Å². The van der Waals surface area contributed by atoms with E-state index in [2.05, 4.69) is 38.4 Å². The van der Waals surface area contributed by atoms with Crippen molar-refractivity contribution in [3.8, 4) is 0 Å². The van der Waals surface area contributed by atoms with Crippen LogP contribution in [0.25, 0.3) is 0 Å². The second-order valence-corrected chi connectivity index (χ2v) is 11.3. The van der Waals surface area contributed by atoms with E-state index < -0.39 is 8.24 Å². The zero-order valence-electron chi connectivity index (χ0n) is 10.3. The molecular weight excluding hydrogens is 190 g/mol. The number of hydrogen-bond acceptors (Lipinski definition) is 2. The van der Waals surface area contributed by atoms with Gasteiger partial charge < -0.3 is 9.67 Å². The van der Waals surface area contributed by atoms with Gasteiger partial charge in [0, 0.05) is 6.54 Å². The van der Waals surface area contributed by atoms with Crippen molar-refractivity contribution in [1.82, 2.24) is 4.57 Å². The van der Waals surface area contributed by atoms with E-state index >= 15 is 0 Å². The summed E-state index contributed by atoms with van der Waals surface area (Å²) in [6.45, 7) is 13.9. The molecule has 1 N–H and O–H groups in total. The molecular formula is C11H25NOSi. The second-order valence-electron chi connectivity index (χ2n) is 6.05. The summed E-state index contributed by atoms with van der Waals surface area (Å²) in [6, 6.07) is 0. The quantitative estimate of drug-likeness (QED) is 0.679. The number of hydrogen-bond donors (Lipinski definition) is 1. The van der Waals surface area contributed by atoms with Crippen molar-refractivity contribution in [2.24, 2.45) is 0 Å². The van der Waals surface area contributed by atoms with Gasteiger partial charge in [0.15, 0.2) is 0 Å². The third kappa shape index (κ3) is 2.38. The monoisotopic (exact) mass is 215 g/mol. The van der Waals surface area contributed by atoms with E-state index in [9.17, 15) is 5.11 Å². The van der Waals surface area contributed by atoms with Crippen LogP contribution in [-0.4, -0.2) is 37.1 Å². The molecule has 1 heterocycles. The molecule has 0 spiro atoms. The van der Waals surface area contributed by atoms with Crippen molar-refractivity contribution in [3.63, 3.8) is 0 Å². The van der Waals surface area contributed by atoms with Crippen molar-refractivity contribution in [2.75, 3.05) is 13.1 Å². The topological polar surface area (TPSA) is 23.5 Å². The maximum atomic E-state index is 9.69. The van der Waals surface area contributed by atoms with E-state index in [1.807, 2.05) is 0 Å². The van der Waals surface area contributed by atoms with Gasteiger partial charge in [-0.3, -0.25) is 0 Å². The minimum atomic E-state index is -1.37. The predicted octanol–water partition coefficient (Wildman–Crippen LogP) is 2.45. The Morgan fingerprint density at radius 2 is 1.86 bits per heavy atom. The number of aliphatic hydroxyl groups is 1. The Morgan fingerprint density at radius 3 is 2.29 bits per heavy atom. The van der Waals surface area contributed by atoms with Gasteiger partial charge in [0.2, 0.25) is 0 Å². The first-order valence-corrected chi connectivity index (χ1v) is 8.63. The van der Waals surface area contributed by atoms with Crippen LogP contribution < -0.4 is 0 Å². The van der Waals surface area contributed by atoms with Gasteiger partial charge in [-0.1, -0.05) is 33.9 Å². The Balaban J connectivity index is 2.71. The van der Waals surface area contributed by atoms with Crippen LogP contribution in [0.2, 0.25) is 18.1 Å². The maximum absolute atomic E-state index is 9.69. The fourth-order valence-corrected chi connectivity index (χ4v) is 4.27. The number of piperidine rings is 1. The molecule has 1 saturated heterocycles. The smallest absolute Gasteiger partial charge is 0.127 e. The Morgan fingerprint density at radius 1 is 1.29 bits per heavy atom. The van der Waals surface area contributed by atoms with Crippen LogP contribution in [0.1, 0.15) is 33.6 Å². The number of nitrogens with zero attached hydrogens (tertiary/aromatic N) is 1. The van der Waals surface area contributed by atoms with Crippen LogP contribution in [0.4, 0.5) is 0 Å². The first-order valence-electron chi connectivity index (χ1n) is 5.68. The summed E-state index contributed by atoms with van der Waals surface area (Å²) in [7, 11) is -1.37. The molecule has 14 heavy (non-hydrogen) atoms. The molecule has 0 amide bonds. The van der Waals surface area contributed by atoms with Crippen molar-refractivity contribution in [3.05, 3.63) is 0 Å². The third-order valence-electron chi connectivity index (χ3n) is 4.02. The highest BCUT2D eigenvalue weighted by atomic mass is 28.3. The van der Waals surface area contributed by atoms with E-state index in [1.165, 1.54) is 6.54 Å². The van der Waals surface area contributed by atoms with Crippen LogP contribution in [-0.2, 0) is 0 Å². The SMILES string of the molecule is CC(C)(C)[Si](C)(C)N1CCCC(O)C1. The van der Waals surface area contributed by atoms with Crippen LogP contribution in [0.15, 0.2) is 0 Å². The van der Waals surface area contributed by atoms with Gasteiger partial charge in [-0.25, -0.2) is 0 Å². The zero-order chi connectivity index (χ0) is 11.0. The summed E-state index contributed by atoms with van der Waals surface area (Å²) in [5.74, 6) is 0. The fraction of sp³-hybridized carbons (Fsp3) is 1.00. The number of rotatable bonds is 1. The highest BCUT2D eigenvalue weighted by Gasteiger charge is 2.42. The minimum absolute atomic E-state index is 0.0853. The summed E-state index contributed by atoms with van der Waals surface area (Å²) in [4.78, 5) is 0. The normalized spacial score (nSPS) is 26.6. The molecule has 0 aliphatic carbocycles. The van der Waals surface area contributed by atoms with Crippen molar-refractivity contribution in [2.45, 2.75) is 57.8 Å². The summed E-state index contributed by atoms with van der Waals surface area (Å²) < 4.78 is 2.57. The molecule has 2 nitrogen and oxygen atoms in total. The van der Waals surface area contributed by atoms with E-state index in [-0.39, 0.29) is 6.10 Å². The largest absolute Gasteiger partial charge is 0.392 e. The third-order valence-corrected chi connectivity index (χ3v) is 9.68. The Kier molecular flexibility index (Phi) is 3.44. The molecule has 1 fully saturated rings. The highest BCUT2D eigenvalue weighted by Crippen LogP contribution is 2.39. The van der Waals surface area contributed by atoms with Crippen LogP contribution >= 0.6 is 0 Å². The lowest BCUT2D eigenvalue weighted by molar-refractivity contribution is 0.102. The number of aliphatic hydroxyl groups excluding tert-OH is 1. The minimum Gasteiger partial charge on any atom is -0.392 e. The average Bonchev–Trinajstić information content (AvgIpc) is 2.02. The molecule has 1 rings (SSSR count). The Bertz CT molecular complexity index is 198. The second kappa shape index (κ2) is 3.95. The lowest BCUT2D eigenvalue weighted by Gasteiger charge is -2.48. The van der Waals surface area contributed by atoms with Crippen molar-refractivity contribution >= 4 is 8.24 Å². The first-order chi connectivity index (χ1) is 6.25. The Hall–Kier alpha value is 0.137. The van der Waals surface area contributed by atoms with E-state index in [1.54, 1.807) is 0 Å². The summed E-state index contributed by atoms with van der Waals surface area (Å²) in [5.41, 5.74) is 0. The van der Waals surface area contributed by atoms with Gasteiger partial charge in [-0.05, 0) is 24.4 Å².